The van der Waals surface area contributed by atoms with Gasteiger partial charge in [-0.3, -0.25) is 4.79 Å². The molecular formula is C22H19ClO2. The van der Waals surface area contributed by atoms with Gasteiger partial charge in [-0.15, -0.1) is 0 Å². The Labute approximate surface area is 153 Å². The van der Waals surface area contributed by atoms with Crippen molar-refractivity contribution < 1.29 is 9.53 Å². The molecule has 3 heteroatoms. The summed E-state index contributed by atoms with van der Waals surface area (Å²) in [7, 11) is 1.64. The fraction of sp³-hybridized carbons (Fsp3) is 0.136. The summed E-state index contributed by atoms with van der Waals surface area (Å²) in [6, 6.07) is 25.0. The lowest BCUT2D eigenvalue weighted by Crippen LogP contribution is -2.09. The Morgan fingerprint density at radius 3 is 2.00 bits per heavy atom. The lowest BCUT2D eigenvalue weighted by molar-refractivity contribution is 0.0977. The minimum absolute atomic E-state index is 0.0316. The van der Waals surface area contributed by atoms with Crippen molar-refractivity contribution in [3.63, 3.8) is 0 Å². The molecule has 25 heavy (non-hydrogen) atoms. The molecule has 0 N–H and O–H groups in total. The zero-order valence-corrected chi connectivity index (χ0v) is 14.7. The number of benzene rings is 3. The number of methoxy groups -OCH3 is 1. The molecule has 3 rings (SSSR count). The predicted octanol–water partition coefficient (Wildman–Crippen LogP) is 5.75. The minimum atomic E-state index is -0.0316. The van der Waals surface area contributed by atoms with Crippen molar-refractivity contribution in [1.29, 1.82) is 0 Å². The molecule has 1 unspecified atom stereocenters. The molecule has 0 amide bonds. The smallest absolute Gasteiger partial charge is 0.163 e. The average molecular weight is 351 g/mol. The summed E-state index contributed by atoms with van der Waals surface area (Å²) >= 11 is 6.02. The SMILES string of the molecule is COc1ccc(C(CC(=O)c2ccccc2)c2ccc(Cl)cc2)cc1. The molecule has 0 aromatic heterocycles. The van der Waals surface area contributed by atoms with Gasteiger partial charge < -0.3 is 4.74 Å². The van der Waals surface area contributed by atoms with Crippen molar-refractivity contribution in [2.24, 2.45) is 0 Å². The van der Waals surface area contributed by atoms with Gasteiger partial charge in [0.25, 0.3) is 0 Å². The third-order valence-corrected chi connectivity index (χ3v) is 4.53. The van der Waals surface area contributed by atoms with E-state index >= 15 is 0 Å². The normalized spacial score (nSPS) is 11.8. The molecule has 2 nitrogen and oxygen atoms in total. The van der Waals surface area contributed by atoms with Gasteiger partial charge in [0, 0.05) is 22.9 Å². The van der Waals surface area contributed by atoms with Crippen LogP contribution < -0.4 is 4.74 Å². The maximum Gasteiger partial charge on any atom is 0.163 e. The summed E-state index contributed by atoms with van der Waals surface area (Å²) in [5, 5.41) is 0.687. The highest BCUT2D eigenvalue weighted by molar-refractivity contribution is 6.30. The molecule has 0 aliphatic carbocycles. The van der Waals surface area contributed by atoms with Gasteiger partial charge in [-0.1, -0.05) is 66.2 Å². The van der Waals surface area contributed by atoms with E-state index in [1.54, 1.807) is 7.11 Å². The Morgan fingerprint density at radius 2 is 1.44 bits per heavy atom. The van der Waals surface area contributed by atoms with Crippen LogP contribution in [0.25, 0.3) is 0 Å². The zero-order valence-electron chi connectivity index (χ0n) is 14.0. The van der Waals surface area contributed by atoms with Crippen LogP contribution in [-0.4, -0.2) is 12.9 Å². The van der Waals surface area contributed by atoms with E-state index in [-0.39, 0.29) is 11.7 Å². The zero-order chi connectivity index (χ0) is 17.6. The topological polar surface area (TPSA) is 26.3 Å². The van der Waals surface area contributed by atoms with Gasteiger partial charge >= 0.3 is 0 Å². The molecule has 1 atom stereocenters. The standard InChI is InChI=1S/C22H19ClO2/c1-25-20-13-9-17(10-14-20)21(16-7-11-19(23)12-8-16)15-22(24)18-5-3-2-4-6-18/h2-14,21H,15H2,1H3. The summed E-state index contributed by atoms with van der Waals surface area (Å²) in [5.41, 5.74) is 2.88. The number of carbonyl (C=O) groups is 1. The number of hydrogen-bond acceptors (Lipinski definition) is 2. The van der Waals surface area contributed by atoms with Crippen LogP contribution in [0.15, 0.2) is 78.9 Å². The highest BCUT2D eigenvalue weighted by Crippen LogP contribution is 2.31. The molecule has 0 aliphatic heterocycles. The van der Waals surface area contributed by atoms with E-state index < -0.39 is 0 Å². The largest absolute Gasteiger partial charge is 0.497 e. The molecule has 0 aliphatic rings. The maximum absolute atomic E-state index is 12.7. The first-order valence-electron chi connectivity index (χ1n) is 8.15. The Morgan fingerprint density at radius 1 is 0.880 bits per heavy atom. The first-order valence-corrected chi connectivity index (χ1v) is 8.53. The Kier molecular flexibility index (Phi) is 5.52. The van der Waals surface area contributed by atoms with E-state index in [2.05, 4.69) is 0 Å². The number of halogens is 1. The van der Waals surface area contributed by atoms with Crippen molar-refractivity contribution >= 4 is 17.4 Å². The van der Waals surface area contributed by atoms with Crippen LogP contribution in [0.3, 0.4) is 0 Å². The molecule has 0 saturated carbocycles. The molecule has 0 fully saturated rings. The molecule has 0 heterocycles. The second-order valence-electron chi connectivity index (χ2n) is 5.87. The molecule has 0 radical (unpaired) electrons. The number of Topliss-reactive ketones (excluding diaryl/α,β-unsaturated/α-hetero) is 1. The van der Waals surface area contributed by atoms with Crippen molar-refractivity contribution in [2.45, 2.75) is 12.3 Å². The van der Waals surface area contributed by atoms with Crippen LogP contribution in [0.4, 0.5) is 0 Å². The van der Waals surface area contributed by atoms with Crippen molar-refractivity contribution in [1.82, 2.24) is 0 Å². The highest BCUT2D eigenvalue weighted by Gasteiger charge is 2.19. The Hall–Kier alpha value is -2.58. The van der Waals surface area contributed by atoms with Crippen molar-refractivity contribution in [3.8, 4) is 5.75 Å². The molecule has 3 aromatic carbocycles. The summed E-state index contributed by atoms with van der Waals surface area (Å²) < 4.78 is 5.24. The molecular weight excluding hydrogens is 332 g/mol. The van der Waals surface area contributed by atoms with Gasteiger partial charge in [0.2, 0.25) is 0 Å². The third-order valence-electron chi connectivity index (χ3n) is 4.28. The summed E-state index contributed by atoms with van der Waals surface area (Å²) in [5.74, 6) is 0.889. The second-order valence-corrected chi connectivity index (χ2v) is 6.31. The number of rotatable bonds is 6. The minimum Gasteiger partial charge on any atom is -0.497 e. The number of hydrogen-bond donors (Lipinski definition) is 0. The van der Waals surface area contributed by atoms with E-state index in [0.717, 1.165) is 22.4 Å². The van der Waals surface area contributed by atoms with Crippen molar-refractivity contribution in [2.75, 3.05) is 7.11 Å². The summed E-state index contributed by atoms with van der Waals surface area (Å²) in [6.45, 7) is 0. The van der Waals surface area contributed by atoms with Crippen LogP contribution >= 0.6 is 11.6 Å². The predicted molar refractivity (Wildman–Crippen MR) is 102 cm³/mol. The van der Waals surface area contributed by atoms with Crippen LogP contribution in [0, 0.1) is 0 Å². The fourth-order valence-electron chi connectivity index (χ4n) is 2.89. The Balaban J connectivity index is 1.93. The molecule has 0 spiro atoms. The van der Waals surface area contributed by atoms with Crippen LogP contribution in [-0.2, 0) is 0 Å². The molecule has 0 bridgehead atoms. The molecule has 0 saturated heterocycles. The van der Waals surface area contributed by atoms with E-state index in [1.807, 2.05) is 78.9 Å². The summed E-state index contributed by atoms with van der Waals surface area (Å²) in [4.78, 5) is 12.7. The average Bonchev–Trinajstić information content (AvgIpc) is 2.67. The van der Waals surface area contributed by atoms with E-state index in [0.29, 0.717) is 11.4 Å². The quantitative estimate of drug-likeness (QED) is 0.529. The van der Waals surface area contributed by atoms with Crippen LogP contribution in [0.5, 0.6) is 5.75 Å². The molecule has 3 aromatic rings. The van der Waals surface area contributed by atoms with Gasteiger partial charge in [-0.2, -0.15) is 0 Å². The van der Waals surface area contributed by atoms with E-state index in [1.165, 1.54) is 0 Å². The van der Waals surface area contributed by atoms with Gasteiger partial charge in [0.05, 0.1) is 7.11 Å². The number of ether oxygens (including phenoxy) is 1. The van der Waals surface area contributed by atoms with Gasteiger partial charge in [-0.05, 0) is 35.4 Å². The lowest BCUT2D eigenvalue weighted by atomic mass is 9.86. The van der Waals surface area contributed by atoms with Crippen LogP contribution in [0.2, 0.25) is 5.02 Å². The van der Waals surface area contributed by atoms with Gasteiger partial charge in [-0.25, -0.2) is 0 Å². The third kappa shape index (κ3) is 4.28. The lowest BCUT2D eigenvalue weighted by Gasteiger charge is -2.18. The first-order chi connectivity index (χ1) is 12.2. The summed E-state index contributed by atoms with van der Waals surface area (Å²) in [6.07, 6.45) is 0.401. The maximum atomic E-state index is 12.7. The molecule has 126 valence electrons. The van der Waals surface area contributed by atoms with Crippen LogP contribution in [0.1, 0.15) is 33.8 Å². The van der Waals surface area contributed by atoms with E-state index in [9.17, 15) is 4.79 Å². The monoisotopic (exact) mass is 350 g/mol. The Bertz CT molecular complexity index is 824. The van der Waals surface area contributed by atoms with E-state index in [4.69, 9.17) is 16.3 Å². The number of ketones is 1. The fourth-order valence-corrected chi connectivity index (χ4v) is 3.01. The van der Waals surface area contributed by atoms with Crippen molar-refractivity contribution in [3.05, 3.63) is 101 Å². The van der Waals surface area contributed by atoms with Gasteiger partial charge in [0.1, 0.15) is 5.75 Å². The first kappa shape index (κ1) is 17.2. The van der Waals surface area contributed by atoms with Gasteiger partial charge in [0.15, 0.2) is 5.78 Å². The number of carbonyl (C=O) groups excluding carboxylic acids is 1. The highest BCUT2D eigenvalue weighted by atomic mass is 35.5. The second kappa shape index (κ2) is 8.00.